The quantitative estimate of drug-likeness (QED) is 0.748. The van der Waals surface area contributed by atoms with E-state index in [9.17, 15) is 4.79 Å². The van der Waals surface area contributed by atoms with E-state index in [1.807, 2.05) is 45.9 Å². The first-order valence-corrected chi connectivity index (χ1v) is 10.5. The van der Waals surface area contributed by atoms with Gasteiger partial charge >= 0.3 is 0 Å². The molecule has 3 rings (SSSR count). The second-order valence-electron chi connectivity index (χ2n) is 7.95. The van der Waals surface area contributed by atoms with Crippen LogP contribution in [-0.2, 0) is 16.1 Å². The van der Waals surface area contributed by atoms with E-state index >= 15 is 0 Å². The van der Waals surface area contributed by atoms with Gasteiger partial charge in [0.05, 0.1) is 25.0 Å². The molecule has 28 heavy (non-hydrogen) atoms. The SMILES string of the molecule is CC(Sc1nnc(N2CCOCC2)n1Cc1ccccc1)C(=O)NC(C)(C)C. The molecule has 0 saturated carbocycles. The maximum absolute atomic E-state index is 12.5. The Morgan fingerprint density at radius 1 is 1.21 bits per heavy atom. The van der Waals surface area contributed by atoms with Crippen LogP contribution in [0.25, 0.3) is 0 Å². The van der Waals surface area contributed by atoms with E-state index in [2.05, 4.69) is 37.1 Å². The molecule has 0 bridgehead atoms. The van der Waals surface area contributed by atoms with E-state index in [4.69, 9.17) is 4.74 Å². The Labute approximate surface area is 170 Å². The third-order valence-electron chi connectivity index (χ3n) is 4.32. The molecule has 2 aromatic rings. The number of aromatic nitrogens is 3. The lowest BCUT2D eigenvalue weighted by molar-refractivity contribution is -0.121. The van der Waals surface area contributed by atoms with Crippen molar-refractivity contribution in [3.8, 4) is 0 Å². The zero-order valence-electron chi connectivity index (χ0n) is 17.0. The van der Waals surface area contributed by atoms with Gasteiger partial charge in [-0.15, -0.1) is 10.2 Å². The van der Waals surface area contributed by atoms with Gasteiger partial charge in [-0.2, -0.15) is 0 Å². The van der Waals surface area contributed by atoms with Gasteiger partial charge in [0.2, 0.25) is 11.9 Å². The number of ether oxygens (including phenoxy) is 1. The smallest absolute Gasteiger partial charge is 0.233 e. The van der Waals surface area contributed by atoms with Crippen LogP contribution in [0, 0.1) is 0 Å². The molecule has 152 valence electrons. The lowest BCUT2D eigenvalue weighted by Crippen LogP contribution is -2.44. The van der Waals surface area contributed by atoms with Crippen molar-refractivity contribution in [3.63, 3.8) is 0 Å². The van der Waals surface area contributed by atoms with Crippen molar-refractivity contribution in [1.82, 2.24) is 20.1 Å². The van der Waals surface area contributed by atoms with Gasteiger partial charge in [0.1, 0.15) is 0 Å². The topological polar surface area (TPSA) is 72.3 Å². The molecule has 1 aliphatic heterocycles. The van der Waals surface area contributed by atoms with Crippen LogP contribution in [0.4, 0.5) is 5.95 Å². The third-order valence-corrected chi connectivity index (χ3v) is 5.40. The molecule has 1 amide bonds. The summed E-state index contributed by atoms with van der Waals surface area (Å²) in [6, 6.07) is 10.2. The van der Waals surface area contributed by atoms with E-state index in [0.717, 1.165) is 24.2 Å². The van der Waals surface area contributed by atoms with Gasteiger partial charge in [-0.1, -0.05) is 42.1 Å². The molecule has 1 fully saturated rings. The van der Waals surface area contributed by atoms with Crippen molar-refractivity contribution < 1.29 is 9.53 Å². The van der Waals surface area contributed by atoms with Crippen molar-refractivity contribution in [2.45, 2.75) is 50.2 Å². The monoisotopic (exact) mass is 403 g/mol. The molecule has 0 radical (unpaired) electrons. The summed E-state index contributed by atoms with van der Waals surface area (Å²) in [4.78, 5) is 14.7. The van der Waals surface area contributed by atoms with E-state index in [1.54, 1.807) is 0 Å². The fraction of sp³-hybridized carbons (Fsp3) is 0.550. The predicted molar refractivity (Wildman–Crippen MR) is 112 cm³/mol. The largest absolute Gasteiger partial charge is 0.378 e. The van der Waals surface area contributed by atoms with Crippen molar-refractivity contribution in [3.05, 3.63) is 35.9 Å². The van der Waals surface area contributed by atoms with Gasteiger partial charge in [0.15, 0.2) is 5.16 Å². The zero-order valence-corrected chi connectivity index (χ0v) is 17.8. The van der Waals surface area contributed by atoms with Gasteiger partial charge in [0, 0.05) is 18.6 Å². The second kappa shape index (κ2) is 8.96. The molecular formula is C20H29N5O2S. The molecule has 1 saturated heterocycles. The molecule has 8 heteroatoms. The summed E-state index contributed by atoms with van der Waals surface area (Å²) in [5.41, 5.74) is 0.910. The Bertz CT molecular complexity index is 782. The standard InChI is InChI=1S/C20H29N5O2S/c1-15(17(26)21-20(2,3)4)28-19-23-22-18(24-10-12-27-13-11-24)25(19)14-16-8-6-5-7-9-16/h5-9,15H,10-14H2,1-4H3,(H,21,26). The number of hydrogen-bond acceptors (Lipinski definition) is 6. The van der Waals surface area contributed by atoms with Crippen LogP contribution in [0.3, 0.4) is 0 Å². The molecule has 1 unspecified atom stereocenters. The van der Waals surface area contributed by atoms with E-state index < -0.39 is 0 Å². The number of anilines is 1. The minimum atomic E-state index is -0.268. The maximum atomic E-state index is 12.5. The normalized spacial score (nSPS) is 16.1. The molecular weight excluding hydrogens is 374 g/mol. The van der Waals surface area contributed by atoms with Gasteiger partial charge in [-0.05, 0) is 33.3 Å². The Morgan fingerprint density at radius 3 is 2.54 bits per heavy atom. The predicted octanol–water partition coefficient (Wildman–Crippen LogP) is 2.56. The zero-order chi connectivity index (χ0) is 20.1. The van der Waals surface area contributed by atoms with E-state index in [-0.39, 0.29) is 16.7 Å². The van der Waals surface area contributed by atoms with E-state index in [0.29, 0.717) is 19.8 Å². The van der Waals surface area contributed by atoms with Gasteiger partial charge < -0.3 is 15.0 Å². The number of hydrogen-bond donors (Lipinski definition) is 1. The maximum Gasteiger partial charge on any atom is 0.233 e. The molecule has 1 aromatic carbocycles. The summed E-state index contributed by atoms with van der Waals surface area (Å²) in [6.45, 7) is 11.5. The van der Waals surface area contributed by atoms with E-state index in [1.165, 1.54) is 17.3 Å². The molecule has 1 N–H and O–H groups in total. The lowest BCUT2D eigenvalue weighted by atomic mass is 10.1. The Morgan fingerprint density at radius 2 is 1.89 bits per heavy atom. The summed E-state index contributed by atoms with van der Waals surface area (Å²) < 4.78 is 7.57. The number of benzene rings is 1. The summed E-state index contributed by atoms with van der Waals surface area (Å²) in [5, 5.41) is 12.4. The van der Waals surface area contributed by atoms with Crippen LogP contribution < -0.4 is 10.2 Å². The number of carbonyl (C=O) groups is 1. The molecule has 0 aliphatic carbocycles. The first-order chi connectivity index (χ1) is 13.3. The molecule has 1 aliphatic rings. The Kier molecular flexibility index (Phi) is 6.61. The molecule has 0 spiro atoms. The highest BCUT2D eigenvalue weighted by molar-refractivity contribution is 8.00. The average Bonchev–Trinajstić information content (AvgIpc) is 3.04. The van der Waals surface area contributed by atoms with Crippen molar-refractivity contribution >= 4 is 23.6 Å². The molecule has 1 atom stereocenters. The minimum Gasteiger partial charge on any atom is -0.378 e. The number of thioether (sulfide) groups is 1. The lowest BCUT2D eigenvalue weighted by Gasteiger charge is -2.28. The average molecular weight is 404 g/mol. The van der Waals surface area contributed by atoms with Gasteiger partial charge in [0.25, 0.3) is 0 Å². The first kappa shape index (κ1) is 20.7. The Balaban J connectivity index is 1.83. The van der Waals surface area contributed by atoms with Crippen LogP contribution in [0.2, 0.25) is 0 Å². The number of morpholine rings is 1. The Hall–Kier alpha value is -2.06. The fourth-order valence-electron chi connectivity index (χ4n) is 2.95. The van der Waals surface area contributed by atoms with Crippen LogP contribution in [0.15, 0.2) is 35.5 Å². The second-order valence-corrected chi connectivity index (χ2v) is 9.26. The van der Waals surface area contributed by atoms with Crippen molar-refractivity contribution in [2.24, 2.45) is 0 Å². The molecule has 2 heterocycles. The summed E-state index contributed by atoms with van der Waals surface area (Å²) >= 11 is 1.44. The molecule has 7 nitrogen and oxygen atoms in total. The number of carbonyl (C=O) groups excluding carboxylic acids is 1. The van der Waals surface area contributed by atoms with Crippen LogP contribution >= 0.6 is 11.8 Å². The highest BCUT2D eigenvalue weighted by Crippen LogP contribution is 2.27. The van der Waals surface area contributed by atoms with Crippen molar-refractivity contribution in [1.29, 1.82) is 0 Å². The van der Waals surface area contributed by atoms with Crippen LogP contribution in [0.1, 0.15) is 33.3 Å². The van der Waals surface area contributed by atoms with Crippen LogP contribution in [-0.4, -0.2) is 57.8 Å². The molecule has 1 aromatic heterocycles. The summed E-state index contributed by atoms with van der Waals surface area (Å²) in [6.07, 6.45) is 0. The highest BCUT2D eigenvalue weighted by atomic mass is 32.2. The van der Waals surface area contributed by atoms with Gasteiger partial charge in [-0.3, -0.25) is 9.36 Å². The summed E-state index contributed by atoms with van der Waals surface area (Å²) in [7, 11) is 0. The minimum absolute atomic E-state index is 0.000293. The highest BCUT2D eigenvalue weighted by Gasteiger charge is 2.25. The number of amides is 1. The van der Waals surface area contributed by atoms with Gasteiger partial charge in [-0.25, -0.2) is 0 Å². The number of nitrogens with one attached hydrogen (secondary N) is 1. The van der Waals surface area contributed by atoms with Crippen LogP contribution in [0.5, 0.6) is 0 Å². The number of nitrogens with zero attached hydrogens (tertiary/aromatic N) is 4. The first-order valence-electron chi connectivity index (χ1n) is 9.62. The number of rotatable bonds is 6. The fourth-order valence-corrected chi connectivity index (χ4v) is 3.80. The third kappa shape index (κ3) is 5.48. The summed E-state index contributed by atoms with van der Waals surface area (Å²) in [5.74, 6) is 0.831. The van der Waals surface area contributed by atoms with Crippen molar-refractivity contribution in [2.75, 3.05) is 31.2 Å².